The van der Waals surface area contributed by atoms with Crippen molar-refractivity contribution < 1.29 is 18.1 Å². The number of alkyl halides is 3. The number of nitrogens with zero attached hydrogens (tertiary/aromatic N) is 1. The van der Waals surface area contributed by atoms with Gasteiger partial charge in [-0.05, 0) is 45.1 Å². The van der Waals surface area contributed by atoms with Gasteiger partial charge in [0.05, 0.1) is 10.5 Å². The molecule has 0 radical (unpaired) electrons. The highest BCUT2D eigenvalue weighted by molar-refractivity contribution is 7.80. The maximum atomic E-state index is 12.6. The summed E-state index contributed by atoms with van der Waals surface area (Å²) in [7, 11) is 0. The van der Waals surface area contributed by atoms with Crippen LogP contribution in [0.4, 0.5) is 24.5 Å². The summed E-state index contributed by atoms with van der Waals surface area (Å²) in [5, 5.41) is 16.4. The Bertz CT molecular complexity index is 568. The molecule has 0 aromatic heterocycles. The van der Waals surface area contributed by atoms with Crippen molar-refractivity contribution >= 4 is 28.7 Å². The van der Waals surface area contributed by atoms with Crippen LogP contribution >= 0.6 is 12.2 Å². The number of anilines is 1. The fraction of sp³-hybridized carbons (Fsp3) is 0.417. The Kier molecular flexibility index (Phi) is 4.77. The molecule has 0 fully saturated rings. The van der Waals surface area contributed by atoms with E-state index in [2.05, 4.69) is 10.6 Å². The molecule has 0 unspecified atom stereocenters. The Morgan fingerprint density at radius 2 is 1.86 bits per heavy atom. The number of hydrogen-bond donors (Lipinski definition) is 2. The molecule has 0 amide bonds. The van der Waals surface area contributed by atoms with Crippen molar-refractivity contribution in [3.63, 3.8) is 0 Å². The van der Waals surface area contributed by atoms with E-state index in [0.717, 1.165) is 12.1 Å². The molecule has 0 atom stereocenters. The average Bonchev–Trinajstić information content (AvgIpc) is 2.24. The molecule has 1 rings (SSSR count). The molecule has 1 aromatic rings. The predicted octanol–water partition coefficient (Wildman–Crippen LogP) is 3.70. The molecule has 0 aliphatic rings. The topological polar surface area (TPSA) is 67.2 Å². The van der Waals surface area contributed by atoms with Crippen molar-refractivity contribution in [1.82, 2.24) is 5.32 Å². The first-order valence-electron chi connectivity index (χ1n) is 5.85. The Morgan fingerprint density at radius 1 is 1.29 bits per heavy atom. The molecule has 21 heavy (non-hydrogen) atoms. The van der Waals surface area contributed by atoms with Crippen LogP contribution in [0.25, 0.3) is 0 Å². The number of thiocarbonyl (C=S) groups is 1. The first kappa shape index (κ1) is 17.2. The molecule has 0 aliphatic heterocycles. The number of hydrogen-bond acceptors (Lipinski definition) is 3. The zero-order valence-electron chi connectivity index (χ0n) is 11.5. The second kappa shape index (κ2) is 5.84. The Hall–Kier alpha value is -1.90. The minimum Gasteiger partial charge on any atom is -0.358 e. The molecule has 1 aromatic carbocycles. The third-order valence-corrected chi connectivity index (χ3v) is 2.46. The lowest BCUT2D eigenvalue weighted by Gasteiger charge is -2.23. The van der Waals surface area contributed by atoms with Crippen LogP contribution in [0.15, 0.2) is 18.2 Å². The number of benzene rings is 1. The molecule has 116 valence electrons. The van der Waals surface area contributed by atoms with Crippen molar-refractivity contribution in [2.45, 2.75) is 32.5 Å². The van der Waals surface area contributed by atoms with Gasteiger partial charge < -0.3 is 10.6 Å². The molecular weight excluding hydrogens is 307 g/mol. The summed E-state index contributed by atoms with van der Waals surface area (Å²) < 4.78 is 37.7. The summed E-state index contributed by atoms with van der Waals surface area (Å²) in [6.45, 7) is 5.46. The smallest absolute Gasteiger partial charge is 0.358 e. The summed E-state index contributed by atoms with van der Waals surface area (Å²) in [6.07, 6.45) is -4.65. The van der Waals surface area contributed by atoms with Gasteiger partial charge in [0.15, 0.2) is 5.11 Å². The zero-order valence-corrected chi connectivity index (χ0v) is 12.4. The Labute approximate surface area is 124 Å². The molecule has 5 nitrogen and oxygen atoms in total. The lowest BCUT2D eigenvalue weighted by atomic mass is 10.1. The largest absolute Gasteiger partial charge is 0.416 e. The van der Waals surface area contributed by atoms with Crippen molar-refractivity contribution in [2.75, 3.05) is 5.32 Å². The first-order valence-corrected chi connectivity index (χ1v) is 6.26. The van der Waals surface area contributed by atoms with Crippen molar-refractivity contribution in [1.29, 1.82) is 0 Å². The quantitative estimate of drug-likeness (QED) is 0.494. The highest BCUT2D eigenvalue weighted by Crippen LogP contribution is 2.34. The minimum absolute atomic E-state index is 0.0883. The van der Waals surface area contributed by atoms with E-state index in [0.29, 0.717) is 6.07 Å². The lowest BCUT2D eigenvalue weighted by molar-refractivity contribution is -0.384. The van der Waals surface area contributed by atoms with Gasteiger partial charge in [-0.25, -0.2) is 0 Å². The van der Waals surface area contributed by atoms with Gasteiger partial charge in [-0.15, -0.1) is 0 Å². The highest BCUT2D eigenvalue weighted by atomic mass is 32.1. The highest BCUT2D eigenvalue weighted by Gasteiger charge is 2.33. The molecule has 9 heteroatoms. The SMILES string of the molecule is CC(C)(C)NC(=S)Nc1ccc(C(F)(F)F)cc1[N+](=O)[O-]. The van der Waals surface area contributed by atoms with E-state index < -0.39 is 22.4 Å². The fourth-order valence-electron chi connectivity index (χ4n) is 1.46. The van der Waals surface area contributed by atoms with Crippen LogP contribution in [0, 0.1) is 10.1 Å². The lowest BCUT2D eigenvalue weighted by Crippen LogP contribution is -2.43. The minimum atomic E-state index is -4.65. The van der Waals surface area contributed by atoms with Gasteiger partial charge in [-0.3, -0.25) is 10.1 Å². The van der Waals surface area contributed by atoms with E-state index in [-0.39, 0.29) is 16.3 Å². The molecule has 0 saturated carbocycles. The van der Waals surface area contributed by atoms with Crippen molar-refractivity contribution in [3.05, 3.63) is 33.9 Å². The van der Waals surface area contributed by atoms with Gasteiger partial charge in [0.2, 0.25) is 0 Å². The Morgan fingerprint density at radius 3 is 2.29 bits per heavy atom. The Balaban J connectivity index is 3.08. The van der Waals surface area contributed by atoms with Crippen LogP contribution in [0.3, 0.4) is 0 Å². The number of rotatable bonds is 2. The summed E-state index contributed by atoms with van der Waals surface area (Å²) in [5.41, 5.74) is -2.27. The zero-order chi connectivity index (χ0) is 16.4. The monoisotopic (exact) mass is 321 g/mol. The van der Waals surface area contributed by atoms with Gasteiger partial charge >= 0.3 is 6.18 Å². The van der Waals surface area contributed by atoms with Crippen LogP contribution < -0.4 is 10.6 Å². The van der Waals surface area contributed by atoms with Crippen molar-refractivity contribution in [2.24, 2.45) is 0 Å². The van der Waals surface area contributed by atoms with Crippen LogP contribution in [-0.4, -0.2) is 15.6 Å². The molecule has 0 saturated heterocycles. The van der Waals surface area contributed by atoms with Crippen LogP contribution in [-0.2, 0) is 6.18 Å². The van der Waals surface area contributed by atoms with E-state index in [1.807, 2.05) is 20.8 Å². The summed E-state index contributed by atoms with van der Waals surface area (Å²) in [4.78, 5) is 10.0. The third-order valence-electron chi connectivity index (χ3n) is 2.26. The van der Waals surface area contributed by atoms with Gasteiger partial charge in [0.25, 0.3) is 5.69 Å². The predicted molar refractivity (Wildman–Crippen MR) is 77.2 cm³/mol. The maximum Gasteiger partial charge on any atom is 0.416 e. The molecule has 0 bridgehead atoms. The second-order valence-electron chi connectivity index (χ2n) is 5.32. The van der Waals surface area contributed by atoms with Crippen LogP contribution in [0.2, 0.25) is 0 Å². The molecule has 2 N–H and O–H groups in total. The first-order chi connectivity index (χ1) is 9.40. The van der Waals surface area contributed by atoms with E-state index >= 15 is 0 Å². The molecule has 0 spiro atoms. The summed E-state index contributed by atoms with van der Waals surface area (Å²) in [6, 6.07) is 2.22. The summed E-state index contributed by atoms with van der Waals surface area (Å²) in [5.74, 6) is 0. The van der Waals surface area contributed by atoms with Crippen LogP contribution in [0.5, 0.6) is 0 Å². The normalized spacial score (nSPS) is 11.9. The van der Waals surface area contributed by atoms with E-state index in [1.165, 1.54) is 0 Å². The number of halogens is 3. The van der Waals surface area contributed by atoms with Gasteiger partial charge in [-0.2, -0.15) is 13.2 Å². The van der Waals surface area contributed by atoms with Crippen molar-refractivity contribution in [3.8, 4) is 0 Å². The van der Waals surface area contributed by atoms with E-state index in [1.54, 1.807) is 0 Å². The molecular formula is C12H14F3N3O2S. The second-order valence-corrected chi connectivity index (χ2v) is 5.72. The maximum absolute atomic E-state index is 12.6. The van der Waals surface area contributed by atoms with E-state index in [9.17, 15) is 23.3 Å². The van der Waals surface area contributed by atoms with Gasteiger partial charge in [0, 0.05) is 11.6 Å². The van der Waals surface area contributed by atoms with Gasteiger partial charge in [-0.1, -0.05) is 0 Å². The number of nitrogens with one attached hydrogen (secondary N) is 2. The summed E-state index contributed by atoms with van der Waals surface area (Å²) >= 11 is 4.97. The average molecular weight is 321 g/mol. The molecule has 0 aliphatic carbocycles. The number of nitro benzene ring substituents is 1. The number of nitro groups is 1. The fourth-order valence-corrected chi connectivity index (χ4v) is 1.88. The standard InChI is InChI=1S/C12H14F3N3O2S/c1-11(2,3)17-10(21)16-8-5-4-7(12(13,14)15)6-9(8)18(19)20/h4-6H,1-3H3,(H2,16,17,21). The van der Waals surface area contributed by atoms with Gasteiger partial charge in [0.1, 0.15) is 5.69 Å². The van der Waals surface area contributed by atoms with Crippen LogP contribution in [0.1, 0.15) is 26.3 Å². The third kappa shape index (κ3) is 5.18. The van der Waals surface area contributed by atoms with E-state index in [4.69, 9.17) is 12.2 Å². The molecule has 0 heterocycles.